The van der Waals surface area contributed by atoms with E-state index >= 15 is 0 Å². The van der Waals surface area contributed by atoms with E-state index in [1.165, 1.54) is 35.1 Å². The van der Waals surface area contributed by atoms with E-state index in [9.17, 15) is 0 Å². The van der Waals surface area contributed by atoms with Crippen LogP contribution in [0.2, 0.25) is 0 Å². The number of hydrogen-bond donors (Lipinski definition) is 1. The molecule has 0 saturated heterocycles. The predicted octanol–water partition coefficient (Wildman–Crippen LogP) is 3.40. The molecule has 0 amide bonds. The molecule has 0 aliphatic heterocycles. The number of aryl methyl sites for hydroxylation is 3. The summed E-state index contributed by atoms with van der Waals surface area (Å²) in [4.78, 5) is 0. The summed E-state index contributed by atoms with van der Waals surface area (Å²) in [5.41, 5.74) is 11.4. The molecule has 1 aromatic rings. The van der Waals surface area contributed by atoms with Crippen LogP contribution in [-0.4, -0.2) is 12.1 Å². The first-order chi connectivity index (χ1) is 8.58. The molecule has 1 aromatic carbocycles. The average Bonchev–Trinajstić information content (AvgIpc) is 2.30. The minimum atomic E-state index is 0.227. The van der Waals surface area contributed by atoms with Crippen molar-refractivity contribution in [3.05, 3.63) is 34.4 Å². The third kappa shape index (κ3) is 3.12. The fourth-order valence-electron chi connectivity index (χ4n) is 2.96. The Morgan fingerprint density at radius 3 is 2.33 bits per heavy atom. The standard InChI is InChI=1S/C16H25NO/c1-11-8-12(2)14(13(3)9-11)10-18-16-7-5-4-6-15(16)17/h8-9,15-16H,4-7,10,17H2,1-3H3. The lowest BCUT2D eigenvalue weighted by Crippen LogP contribution is -2.39. The van der Waals surface area contributed by atoms with Gasteiger partial charge in [0.2, 0.25) is 0 Å². The van der Waals surface area contributed by atoms with Gasteiger partial charge < -0.3 is 10.5 Å². The van der Waals surface area contributed by atoms with Crippen molar-refractivity contribution in [1.82, 2.24) is 0 Å². The molecule has 0 heterocycles. The Labute approximate surface area is 111 Å². The molecule has 18 heavy (non-hydrogen) atoms. The summed E-state index contributed by atoms with van der Waals surface area (Å²) in [7, 11) is 0. The fourth-order valence-corrected chi connectivity index (χ4v) is 2.96. The van der Waals surface area contributed by atoms with E-state index < -0.39 is 0 Å². The Morgan fingerprint density at radius 1 is 1.11 bits per heavy atom. The monoisotopic (exact) mass is 247 g/mol. The van der Waals surface area contributed by atoms with E-state index in [0.717, 1.165) is 12.8 Å². The van der Waals surface area contributed by atoms with Crippen molar-refractivity contribution in [1.29, 1.82) is 0 Å². The van der Waals surface area contributed by atoms with Crippen LogP contribution in [0, 0.1) is 20.8 Å². The highest BCUT2D eigenvalue weighted by Crippen LogP contribution is 2.23. The van der Waals surface area contributed by atoms with Gasteiger partial charge in [-0.15, -0.1) is 0 Å². The van der Waals surface area contributed by atoms with Gasteiger partial charge in [0.05, 0.1) is 12.7 Å². The average molecular weight is 247 g/mol. The highest BCUT2D eigenvalue weighted by molar-refractivity contribution is 5.36. The maximum Gasteiger partial charge on any atom is 0.0730 e. The van der Waals surface area contributed by atoms with Gasteiger partial charge >= 0.3 is 0 Å². The third-order valence-corrected chi connectivity index (χ3v) is 4.04. The number of nitrogens with two attached hydrogens (primary N) is 1. The maximum atomic E-state index is 6.12. The fraction of sp³-hybridized carbons (Fsp3) is 0.625. The molecule has 2 heteroatoms. The molecule has 0 radical (unpaired) electrons. The summed E-state index contributed by atoms with van der Waals surface area (Å²) >= 11 is 0. The maximum absolute atomic E-state index is 6.12. The topological polar surface area (TPSA) is 35.2 Å². The van der Waals surface area contributed by atoms with Crippen LogP contribution in [0.1, 0.15) is 47.9 Å². The Hall–Kier alpha value is -0.860. The summed E-state index contributed by atoms with van der Waals surface area (Å²) in [6.07, 6.45) is 4.98. The summed E-state index contributed by atoms with van der Waals surface area (Å²) in [5, 5.41) is 0. The van der Waals surface area contributed by atoms with Crippen LogP contribution < -0.4 is 5.73 Å². The molecule has 100 valence electrons. The predicted molar refractivity (Wildman–Crippen MR) is 75.7 cm³/mol. The lowest BCUT2D eigenvalue weighted by atomic mass is 9.93. The Morgan fingerprint density at radius 2 is 1.72 bits per heavy atom. The Bertz CT molecular complexity index is 391. The van der Waals surface area contributed by atoms with Gasteiger partial charge in [0.15, 0.2) is 0 Å². The second-order valence-corrected chi connectivity index (χ2v) is 5.68. The minimum Gasteiger partial charge on any atom is -0.372 e. The lowest BCUT2D eigenvalue weighted by Gasteiger charge is -2.29. The van der Waals surface area contributed by atoms with E-state index in [2.05, 4.69) is 32.9 Å². The van der Waals surface area contributed by atoms with Crippen molar-refractivity contribution < 1.29 is 4.74 Å². The van der Waals surface area contributed by atoms with Crippen molar-refractivity contribution in [3.8, 4) is 0 Å². The van der Waals surface area contributed by atoms with Crippen molar-refractivity contribution in [2.45, 2.75) is 65.2 Å². The highest BCUT2D eigenvalue weighted by atomic mass is 16.5. The molecule has 1 aliphatic rings. The first-order valence-corrected chi connectivity index (χ1v) is 7.02. The zero-order valence-electron chi connectivity index (χ0n) is 11.8. The molecule has 1 fully saturated rings. The second-order valence-electron chi connectivity index (χ2n) is 5.68. The van der Waals surface area contributed by atoms with Crippen molar-refractivity contribution in [3.63, 3.8) is 0 Å². The van der Waals surface area contributed by atoms with Gasteiger partial charge in [-0.1, -0.05) is 30.5 Å². The second kappa shape index (κ2) is 5.85. The first kappa shape index (κ1) is 13.6. The van der Waals surface area contributed by atoms with E-state index in [0.29, 0.717) is 6.61 Å². The smallest absolute Gasteiger partial charge is 0.0730 e. The minimum absolute atomic E-state index is 0.227. The number of rotatable bonds is 3. The van der Waals surface area contributed by atoms with Crippen LogP contribution in [0.4, 0.5) is 0 Å². The van der Waals surface area contributed by atoms with E-state index in [1.807, 2.05) is 0 Å². The van der Waals surface area contributed by atoms with E-state index in [4.69, 9.17) is 10.5 Å². The summed E-state index contributed by atoms with van der Waals surface area (Å²) < 4.78 is 6.06. The van der Waals surface area contributed by atoms with Crippen molar-refractivity contribution in [2.24, 2.45) is 5.73 Å². The molecule has 2 N–H and O–H groups in total. The van der Waals surface area contributed by atoms with E-state index in [-0.39, 0.29) is 12.1 Å². The van der Waals surface area contributed by atoms with Gasteiger partial charge in [0.25, 0.3) is 0 Å². The normalized spacial score (nSPS) is 24.2. The van der Waals surface area contributed by atoms with Gasteiger partial charge in [-0.05, 0) is 50.3 Å². The molecule has 2 atom stereocenters. The van der Waals surface area contributed by atoms with Gasteiger partial charge in [-0.3, -0.25) is 0 Å². The third-order valence-electron chi connectivity index (χ3n) is 4.04. The van der Waals surface area contributed by atoms with Gasteiger partial charge in [0.1, 0.15) is 0 Å². The number of hydrogen-bond acceptors (Lipinski definition) is 2. The van der Waals surface area contributed by atoms with Crippen molar-refractivity contribution >= 4 is 0 Å². The zero-order chi connectivity index (χ0) is 13.1. The lowest BCUT2D eigenvalue weighted by molar-refractivity contribution is 0.00363. The van der Waals surface area contributed by atoms with Crippen molar-refractivity contribution in [2.75, 3.05) is 0 Å². The highest BCUT2D eigenvalue weighted by Gasteiger charge is 2.22. The Kier molecular flexibility index (Phi) is 4.41. The first-order valence-electron chi connectivity index (χ1n) is 7.02. The molecule has 0 bridgehead atoms. The van der Waals surface area contributed by atoms with Gasteiger partial charge in [-0.25, -0.2) is 0 Å². The molecule has 2 rings (SSSR count). The SMILES string of the molecule is Cc1cc(C)c(COC2CCCCC2N)c(C)c1. The van der Waals surface area contributed by atoms with E-state index in [1.54, 1.807) is 0 Å². The zero-order valence-corrected chi connectivity index (χ0v) is 11.8. The van der Waals surface area contributed by atoms with Gasteiger partial charge in [-0.2, -0.15) is 0 Å². The summed E-state index contributed by atoms with van der Waals surface area (Å²) in [5.74, 6) is 0. The molecule has 0 aromatic heterocycles. The summed E-state index contributed by atoms with van der Waals surface area (Å²) in [6.45, 7) is 7.18. The molecular weight excluding hydrogens is 222 g/mol. The molecule has 1 aliphatic carbocycles. The molecule has 1 saturated carbocycles. The van der Waals surface area contributed by atoms with Crippen LogP contribution in [-0.2, 0) is 11.3 Å². The Balaban J connectivity index is 2.01. The summed E-state index contributed by atoms with van der Waals surface area (Å²) in [6, 6.07) is 4.68. The molecule has 2 nitrogen and oxygen atoms in total. The van der Waals surface area contributed by atoms with Gasteiger partial charge in [0, 0.05) is 6.04 Å². The van der Waals surface area contributed by atoms with Crippen LogP contribution in [0.15, 0.2) is 12.1 Å². The van der Waals surface area contributed by atoms with Crippen LogP contribution in [0.25, 0.3) is 0 Å². The quantitative estimate of drug-likeness (QED) is 0.888. The largest absolute Gasteiger partial charge is 0.372 e. The molecule has 2 unspecified atom stereocenters. The van der Waals surface area contributed by atoms with Crippen LogP contribution in [0.3, 0.4) is 0 Å². The number of benzene rings is 1. The number of ether oxygens (including phenoxy) is 1. The van der Waals surface area contributed by atoms with Crippen LogP contribution in [0.5, 0.6) is 0 Å². The van der Waals surface area contributed by atoms with Crippen LogP contribution >= 0.6 is 0 Å². The molecule has 0 spiro atoms. The molecular formula is C16H25NO.